The van der Waals surface area contributed by atoms with Crippen LogP contribution in [-0.4, -0.2) is 40.6 Å². The van der Waals surface area contributed by atoms with Crippen LogP contribution in [0.1, 0.15) is 78.8 Å². The molecular weight excluding hydrogens is 474 g/mol. The van der Waals surface area contributed by atoms with E-state index in [1.54, 1.807) is 13.2 Å². The Balaban J connectivity index is 1.75. The SMILES string of the molecule is COC1C[C@@]23Oc4c(cc(C(=O)O)c5c4CNC5=O)C[C@]2(C)[C@@H](C)CC[C@H]3C(C)(C)C1Br. The van der Waals surface area contributed by atoms with E-state index in [2.05, 4.69) is 48.9 Å². The Kier molecular flexibility index (Phi) is 4.82. The molecule has 5 rings (SSSR count). The average molecular weight is 506 g/mol. The minimum Gasteiger partial charge on any atom is -0.486 e. The van der Waals surface area contributed by atoms with E-state index >= 15 is 0 Å². The van der Waals surface area contributed by atoms with Gasteiger partial charge in [0.25, 0.3) is 5.91 Å². The van der Waals surface area contributed by atoms with Gasteiger partial charge in [-0.3, -0.25) is 4.79 Å². The lowest BCUT2D eigenvalue weighted by Crippen LogP contribution is -2.72. The number of nitrogens with one attached hydrogen (secondary N) is 1. The molecule has 0 aromatic heterocycles. The number of carbonyl (C=O) groups is 2. The molecule has 32 heavy (non-hydrogen) atoms. The smallest absolute Gasteiger partial charge is 0.336 e. The van der Waals surface area contributed by atoms with Crippen molar-refractivity contribution in [3.63, 3.8) is 0 Å². The molecular formula is C25H32BrNO5. The van der Waals surface area contributed by atoms with Crippen molar-refractivity contribution in [3.05, 3.63) is 28.3 Å². The van der Waals surface area contributed by atoms with Crippen molar-refractivity contribution in [3.8, 4) is 5.75 Å². The molecule has 2 aliphatic carbocycles. The number of benzene rings is 1. The van der Waals surface area contributed by atoms with Gasteiger partial charge >= 0.3 is 5.97 Å². The van der Waals surface area contributed by atoms with Crippen LogP contribution in [0.2, 0.25) is 0 Å². The summed E-state index contributed by atoms with van der Waals surface area (Å²) >= 11 is 3.96. The van der Waals surface area contributed by atoms with Crippen molar-refractivity contribution in [2.75, 3.05) is 7.11 Å². The Labute approximate surface area is 197 Å². The average Bonchev–Trinajstić information content (AvgIpc) is 3.11. The molecule has 2 N–H and O–H groups in total. The summed E-state index contributed by atoms with van der Waals surface area (Å²) in [7, 11) is 1.77. The number of carboxylic acid groups (broad SMARTS) is 1. The summed E-state index contributed by atoms with van der Waals surface area (Å²) < 4.78 is 13.1. The number of carbonyl (C=O) groups excluding carboxylic acids is 1. The fourth-order valence-corrected chi connectivity index (χ4v) is 8.16. The van der Waals surface area contributed by atoms with Crippen molar-refractivity contribution in [1.29, 1.82) is 0 Å². The fourth-order valence-electron chi connectivity index (χ4n) is 7.43. The lowest BCUT2D eigenvalue weighted by molar-refractivity contribution is -0.229. The van der Waals surface area contributed by atoms with Crippen LogP contribution in [0, 0.1) is 22.7 Å². The van der Waals surface area contributed by atoms with E-state index < -0.39 is 11.6 Å². The molecule has 2 unspecified atom stereocenters. The molecule has 0 saturated heterocycles. The molecule has 1 aromatic rings. The molecule has 1 aromatic carbocycles. The number of hydrogen-bond acceptors (Lipinski definition) is 4. The number of alkyl halides is 1. The molecule has 1 spiro atoms. The van der Waals surface area contributed by atoms with Crippen molar-refractivity contribution in [2.45, 2.75) is 76.5 Å². The van der Waals surface area contributed by atoms with Gasteiger partial charge in [0.1, 0.15) is 11.4 Å². The number of amides is 1. The molecule has 2 aliphatic heterocycles. The number of hydrogen-bond donors (Lipinski definition) is 2. The van der Waals surface area contributed by atoms with Crippen LogP contribution in [0.5, 0.6) is 5.75 Å². The molecule has 2 fully saturated rings. The Hall–Kier alpha value is -1.60. The molecule has 6 nitrogen and oxygen atoms in total. The van der Waals surface area contributed by atoms with Gasteiger partial charge in [-0.25, -0.2) is 4.79 Å². The van der Waals surface area contributed by atoms with E-state index in [1.165, 1.54) is 0 Å². The summed E-state index contributed by atoms with van der Waals surface area (Å²) in [6.45, 7) is 9.55. The first-order valence-corrected chi connectivity index (χ1v) is 12.5. The van der Waals surface area contributed by atoms with E-state index in [9.17, 15) is 14.7 Å². The van der Waals surface area contributed by atoms with Crippen LogP contribution in [0.4, 0.5) is 0 Å². The quantitative estimate of drug-likeness (QED) is 0.575. The number of methoxy groups -OCH3 is 1. The van der Waals surface area contributed by atoms with Crippen LogP contribution in [-0.2, 0) is 17.7 Å². The maximum Gasteiger partial charge on any atom is 0.336 e. The highest BCUT2D eigenvalue weighted by Crippen LogP contribution is 2.67. The van der Waals surface area contributed by atoms with Crippen LogP contribution in [0.3, 0.4) is 0 Å². The molecule has 2 saturated carbocycles. The van der Waals surface area contributed by atoms with E-state index in [4.69, 9.17) is 9.47 Å². The monoisotopic (exact) mass is 505 g/mol. The van der Waals surface area contributed by atoms with Gasteiger partial charge in [-0.05, 0) is 42.2 Å². The molecule has 0 bridgehead atoms. The highest BCUT2D eigenvalue weighted by Gasteiger charge is 2.69. The van der Waals surface area contributed by atoms with Crippen LogP contribution in [0.25, 0.3) is 0 Å². The zero-order chi connectivity index (χ0) is 23.2. The Morgan fingerprint density at radius 1 is 1.31 bits per heavy atom. The Morgan fingerprint density at radius 2 is 2.03 bits per heavy atom. The number of carboxylic acids is 1. The summed E-state index contributed by atoms with van der Waals surface area (Å²) in [5.74, 6) is 0.0379. The number of ether oxygens (including phenoxy) is 2. The number of aromatic carboxylic acids is 1. The zero-order valence-corrected chi connectivity index (χ0v) is 21.0. The number of fused-ring (bicyclic) bond motifs is 3. The van der Waals surface area contributed by atoms with Crippen molar-refractivity contribution >= 4 is 27.8 Å². The van der Waals surface area contributed by atoms with Gasteiger partial charge in [-0.15, -0.1) is 0 Å². The third-order valence-corrected chi connectivity index (χ3v) is 11.2. The van der Waals surface area contributed by atoms with Gasteiger partial charge in [0.2, 0.25) is 0 Å². The number of halogens is 1. The first-order valence-electron chi connectivity index (χ1n) is 11.5. The second-order valence-corrected chi connectivity index (χ2v) is 12.1. The molecule has 4 aliphatic rings. The normalized spacial score (nSPS) is 39.1. The van der Waals surface area contributed by atoms with E-state index in [0.717, 1.165) is 37.0 Å². The third-order valence-electron chi connectivity index (χ3n) is 9.43. The van der Waals surface area contributed by atoms with Crippen molar-refractivity contribution in [2.24, 2.45) is 22.7 Å². The van der Waals surface area contributed by atoms with E-state index in [-0.39, 0.29) is 38.8 Å². The standard InChI is InChI=1S/C25H32BrNO5/c1-12-6-7-17-23(2,3)20(26)16(31-5)10-25(17)24(12,4)9-13-8-14(22(29)30)18-15(19(13)32-25)11-27-21(18)28/h8,12,16-17,20H,6-7,9-11H2,1-5H3,(H,27,28)(H,29,30)/t12-,16?,17-,20?,24+,25-/m0/s1. The Morgan fingerprint density at radius 3 is 2.69 bits per heavy atom. The van der Waals surface area contributed by atoms with Crippen molar-refractivity contribution in [1.82, 2.24) is 5.32 Å². The molecule has 174 valence electrons. The second kappa shape index (κ2) is 6.95. The molecule has 6 atom stereocenters. The topological polar surface area (TPSA) is 84.9 Å². The maximum atomic E-state index is 12.5. The van der Waals surface area contributed by atoms with Gasteiger partial charge < -0.3 is 19.9 Å². The number of rotatable bonds is 2. The molecule has 0 radical (unpaired) electrons. The minimum absolute atomic E-state index is 0.00137. The minimum atomic E-state index is -1.07. The van der Waals surface area contributed by atoms with E-state index in [0.29, 0.717) is 23.9 Å². The summed E-state index contributed by atoms with van der Waals surface area (Å²) in [4.78, 5) is 24.8. The zero-order valence-electron chi connectivity index (χ0n) is 19.4. The summed E-state index contributed by atoms with van der Waals surface area (Å²) in [5, 5.41) is 12.6. The first kappa shape index (κ1) is 22.2. The Bertz CT molecular complexity index is 1020. The van der Waals surface area contributed by atoms with Crippen LogP contribution in [0.15, 0.2) is 6.07 Å². The lowest BCUT2D eigenvalue weighted by atomic mass is 9.43. The summed E-state index contributed by atoms with van der Waals surface area (Å²) in [6.07, 6.45) is 3.69. The predicted octanol–water partition coefficient (Wildman–Crippen LogP) is 4.56. The largest absolute Gasteiger partial charge is 0.486 e. The fraction of sp³-hybridized carbons (Fsp3) is 0.680. The highest BCUT2D eigenvalue weighted by molar-refractivity contribution is 9.09. The van der Waals surface area contributed by atoms with Gasteiger partial charge in [0, 0.05) is 41.8 Å². The van der Waals surface area contributed by atoms with Gasteiger partial charge in [-0.2, -0.15) is 0 Å². The first-order chi connectivity index (χ1) is 15.0. The maximum absolute atomic E-state index is 12.5. The van der Waals surface area contributed by atoms with E-state index in [1.807, 2.05) is 0 Å². The van der Waals surface area contributed by atoms with Gasteiger partial charge in [0.15, 0.2) is 0 Å². The van der Waals surface area contributed by atoms with Gasteiger partial charge in [0.05, 0.1) is 17.2 Å². The highest BCUT2D eigenvalue weighted by atomic mass is 79.9. The van der Waals surface area contributed by atoms with Gasteiger partial charge in [-0.1, -0.05) is 43.6 Å². The summed E-state index contributed by atoms with van der Waals surface area (Å²) in [5.41, 5.74) is 1.26. The lowest BCUT2D eigenvalue weighted by Gasteiger charge is -2.68. The molecule has 1 amide bonds. The second-order valence-electron chi connectivity index (χ2n) is 11.1. The van der Waals surface area contributed by atoms with Crippen LogP contribution >= 0.6 is 15.9 Å². The molecule has 2 heterocycles. The van der Waals surface area contributed by atoms with Crippen molar-refractivity contribution < 1.29 is 24.2 Å². The van der Waals surface area contributed by atoms with Crippen LogP contribution < -0.4 is 10.1 Å². The molecule has 7 heteroatoms. The third kappa shape index (κ3) is 2.61. The summed E-state index contributed by atoms with van der Waals surface area (Å²) in [6, 6.07) is 1.69. The predicted molar refractivity (Wildman–Crippen MR) is 124 cm³/mol.